The van der Waals surface area contributed by atoms with Crippen LogP contribution < -0.4 is 15.4 Å². The topological polar surface area (TPSA) is 83.6 Å². The molecule has 1 atom stereocenters. The third-order valence-electron chi connectivity index (χ3n) is 7.04. The summed E-state index contributed by atoms with van der Waals surface area (Å²) in [5.41, 5.74) is 1.40. The number of nitrogens with one attached hydrogen (secondary N) is 2. The number of carbonyl (C=O) groups is 2. The lowest BCUT2D eigenvalue weighted by molar-refractivity contribution is -0.135. The highest BCUT2D eigenvalue weighted by atomic mass is 16.5. The number of fused-ring (bicyclic) bond motifs is 1. The predicted molar refractivity (Wildman–Crippen MR) is 132 cm³/mol. The van der Waals surface area contributed by atoms with Crippen LogP contribution >= 0.6 is 0 Å². The summed E-state index contributed by atoms with van der Waals surface area (Å²) in [5, 5.41) is 6.24. The molecule has 2 amide bonds. The van der Waals surface area contributed by atoms with Gasteiger partial charge in [0.05, 0.1) is 17.0 Å². The zero-order valence-corrected chi connectivity index (χ0v) is 20.1. The van der Waals surface area contributed by atoms with Crippen LogP contribution in [0.1, 0.15) is 61.4 Å². The third kappa shape index (κ3) is 6.14. The summed E-state index contributed by atoms with van der Waals surface area (Å²) in [7, 11) is 0. The highest BCUT2D eigenvalue weighted by Crippen LogP contribution is 2.38. The van der Waals surface area contributed by atoms with Gasteiger partial charge in [0.2, 0.25) is 5.91 Å². The first kappa shape index (κ1) is 24.2. The quantitative estimate of drug-likeness (QED) is 0.710. The number of hydrogen-bond acceptors (Lipinski definition) is 5. The number of pyridine rings is 1. The minimum Gasteiger partial charge on any atom is -0.491 e. The Labute approximate surface area is 202 Å². The van der Waals surface area contributed by atoms with Gasteiger partial charge in [-0.2, -0.15) is 0 Å². The van der Waals surface area contributed by atoms with E-state index in [1.54, 1.807) is 18.3 Å². The SMILES string of the molecule is C[C@H]1COc2ccccc2C(=O)NCCCCCC2(CCN(Cc3cccnc3)CC2)C(=O)N1. The second-order valence-corrected chi connectivity index (χ2v) is 9.67. The highest BCUT2D eigenvalue weighted by Gasteiger charge is 2.41. The molecule has 1 fully saturated rings. The summed E-state index contributed by atoms with van der Waals surface area (Å²) in [6.45, 7) is 5.58. The Morgan fingerprint density at radius 2 is 1.88 bits per heavy atom. The number of likely N-dealkylation sites (tertiary alicyclic amines) is 1. The summed E-state index contributed by atoms with van der Waals surface area (Å²) in [4.78, 5) is 32.8. The fourth-order valence-corrected chi connectivity index (χ4v) is 4.96. The number of nitrogens with zero attached hydrogens (tertiary/aromatic N) is 2. The molecule has 1 aromatic carbocycles. The summed E-state index contributed by atoms with van der Waals surface area (Å²) in [5.74, 6) is 0.580. The molecule has 1 saturated heterocycles. The Kier molecular flexibility index (Phi) is 8.16. The van der Waals surface area contributed by atoms with E-state index in [9.17, 15) is 9.59 Å². The van der Waals surface area contributed by atoms with Gasteiger partial charge >= 0.3 is 0 Å². The van der Waals surface area contributed by atoms with Crippen molar-refractivity contribution in [2.24, 2.45) is 5.41 Å². The monoisotopic (exact) mass is 464 g/mol. The maximum absolute atomic E-state index is 13.5. The number of rotatable bonds is 2. The minimum absolute atomic E-state index is 0.111. The van der Waals surface area contributed by atoms with Crippen LogP contribution in [-0.4, -0.2) is 54.0 Å². The Balaban J connectivity index is 1.43. The van der Waals surface area contributed by atoms with Gasteiger partial charge < -0.3 is 15.4 Å². The minimum atomic E-state index is -0.346. The zero-order valence-electron chi connectivity index (χ0n) is 20.1. The molecule has 0 radical (unpaired) electrons. The molecule has 0 aliphatic carbocycles. The molecule has 34 heavy (non-hydrogen) atoms. The molecule has 182 valence electrons. The lowest BCUT2D eigenvalue weighted by Gasteiger charge is -2.41. The molecular weight excluding hydrogens is 428 g/mol. The lowest BCUT2D eigenvalue weighted by atomic mass is 9.73. The zero-order chi connectivity index (χ0) is 23.8. The molecule has 2 aliphatic rings. The number of amides is 2. The number of ether oxygens (including phenoxy) is 1. The molecule has 1 aromatic heterocycles. The predicted octanol–water partition coefficient (Wildman–Crippen LogP) is 3.55. The Hall–Kier alpha value is -2.93. The van der Waals surface area contributed by atoms with Crippen LogP contribution in [0.2, 0.25) is 0 Å². The molecule has 2 aromatic rings. The van der Waals surface area contributed by atoms with Crippen LogP contribution in [0, 0.1) is 5.41 Å². The number of aromatic nitrogens is 1. The average Bonchev–Trinajstić information content (AvgIpc) is 2.86. The van der Waals surface area contributed by atoms with Crippen molar-refractivity contribution in [2.45, 2.75) is 58.0 Å². The second-order valence-electron chi connectivity index (χ2n) is 9.67. The summed E-state index contributed by atoms with van der Waals surface area (Å²) >= 11 is 0. The number of piperidine rings is 1. The molecule has 4 rings (SSSR count). The maximum atomic E-state index is 13.5. The average molecular weight is 465 g/mol. The van der Waals surface area contributed by atoms with Crippen molar-refractivity contribution in [1.29, 1.82) is 0 Å². The van der Waals surface area contributed by atoms with Gasteiger partial charge in [-0.3, -0.25) is 19.5 Å². The Bertz CT molecular complexity index is 957. The number of benzene rings is 1. The summed E-state index contributed by atoms with van der Waals surface area (Å²) in [6, 6.07) is 11.2. The third-order valence-corrected chi connectivity index (χ3v) is 7.04. The van der Waals surface area contributed by atoms with Gasteiger partial charge in [0.1, 0.15) is 12.4 Å². The molecular formula is C27H36N4O3. The van der Waals surface area contributed by atoms with E-state index in [1.807, 2.05) is 31.3 Å². The van der Waals surface area contributed by atoms with E-state index in [0.29, 0.717) is 24.5 Å². The van der Waals surface area contributed by atoms with Crippen molar-refractivity contribution in [1.82, 2.24) is 20.5 Å². The van der Waals surface area contributed by atoms with Gasteiger partial charge in [-0.15, -0.1) is 0 Å². The number of carbonyl (C=O) groups excluding carboxylic acids is 2. The summed E-state index contributed by atoms with van der Waals surface area (Å²) < 4.78 is 5.96. The molecule has 0 unspecified atom stereocenters. The van der Waals surface area contributed by atoms with Crippen LogP contribution in [0.4, 0.5) is 0 Å². The van der Waals surface area contributed by atoms with Crippen molar-refractivity contribution in [3.63, 3.8) is 0 Å². The molecule has 2 aliphatic heterocycles. The molecule has 7 heteroatoms. The van der Waals surface area contributed by atoms with Gasteiger partial charge in [0.25, 0.3) is 5.91 Å². The molecule has 7 nitrogen and oxygen atoms in total. The smallest absolute Gasteiger partial charge is 0.255 e. The molecule has 2 N–H and O–H groups in total. The molecule has 1 spiro atoms. The first-order valence-electron chi connectivity index (χ1n) is 12.5. The normalized spacial score (nSPS) is 22.4. The van der Waals surface area contributed by atoms with E-state index in [0.717, 1.165) is 58.2 Å². The van der Waals surface area contributed by atoms with Crippen molar-refractivity contribution >= 4 is 11.8 Å². The van der Waals surface area contributed by atoms with E-state index in [1.165, 1.54) is 5.56 Å². The standard InChI is InChI=1S/C27H36N4O3/c1-21-20-34-24-10-4-3-9-23(24)25(32)29-15-6-2-5-11-27(26(33)30-21)12-16-31(17-13-27)19-22-8-7-14-28-18-22/h3-4,7-10,14,18,21H,2,5-6,11-13,15-17,19-20H2,1H3,(H,29,32)(H,30,33)/t21-/m0/s1. The van der Waals surface area contributed by atoms with Crippen LogP contribution in [0.3, 0.4) is 0 Å². The fourth-order valence-electron chi connectivity index (χ4n) is 4.96. The molecule has 0 bridgehead atoms. The number of hydrogen-bond donors (Lipinski definition) is 2. The Morgan fingerprint density at radius 3 is 2.68 bits per heavy atom. The van der Waals surface area contributed by atoms with Crippen molar-refractivity contribution in [3.8, 4) is 5.75 Å². The van der Waals surface area contributed by atoms with Gasteiger partial charge in [0.15, 0.2) is 0 Å². The van der Waals surface area contributed by atoms with Crippen LogP contribution in [0.5, 0.6) is 5.75 Å². The van der Waals surface area contributed by atoms with E-state index < -0.39 is 0 Å². The van der Waals surface area contributed by atoms with Gasteiger partial charge in [-0.1, -0.05) is 31.0 Å². The van der Waals surface area contributed by atoms with Gasteiger partial charge in [0, 0.05) is 25.5 Å². The second kappa shape index (κ2) is 11.5. The Morgan fingerprint density at radius 1 is 1.06 bits per heavy atom. The van der Waals surface area contributed by atoms with Crippen molar-refractivity contribution < 1.29 is 14.3 Å². The van der Waals surface area contributed by atoms with E-state index >= 15 is 0 Å². The van der Waals surface area contributed by atoms with E-state index in [2.05, 4.69) is 26.6 Å². The molecule has 3 heterocycles. The van der Waals surface area contributed by atoms with Gasteiger partial charge in [-0.25, -0.2) is 0 Å². The van der Waals surface area contributed by atoms with Gasteiger partial charge in [-0.05, 0) is 69.5 Å². The van der Waals surface area contributed by atoms with Crippen LogP contribution in [0.15, 0.2) is 48.8 Å². The number of para-hydroxylation sites is 1. The van der Waals surface area contributed by atoms with E-state index in [4.69, 9.17) is 4.74 Å². The maximum Gasteiger partial charge on any atom is 0.255 e. The fraction of sp³-hybridized carbons (Fsp3) is 0.519. The van der Waals surface area contributed by atoms with Crippen LogP contribution in [-0.2, 0) is 11.3 Å². The first-order chi connectivity index (χ1) is 16.6. The highest BCUT2D eigenvalue weighted by molar-refractivity contribution is 5.96. The lowest BCUT2D eigenvalue weighted by Crippen LogP contribution is -2.51. The summed E-state index contributed by atoms with van der Waals surface area (Å²) in [6.07, 6.45) is 9.16. The van der Waals surface area contributed by atoms with Crippen molar-refractivity contribution in [3.05, 3.63) is 59.9 Å². The largest absolute Gasteiger partial charge is 0.491 e. The van der Waals surface area contributed by atoms with Crippen molar-refractivity contribution in [2.75, 3.05) is 26.2 Å². The van der Waals surface area contributed by atoms with Crippen LogP contribution in [0.25, 0.3) is 0 Å². The first-order valence-corrected chi connectivity index (χ1v) is 12.5. The van der Waals surface area contributed by atoms with E-state index in [-0.39, 0.29) is 23.3 Å². The molecule has 0 saturated carbocycles.